The topological polar surface area (TPSA) is 72.3 Å². The molecule has 2 aromatic carbocycles. The summed E-state index contributed by atoms with van der Waals surface area (Å²) in [4.78, 5) is 0. The van der Waals surface area contributed by atoms with Crippen molar-refractivity contribution in [1.29, 1.82) is 0 Å². The van der Waals surface area contributed by atoms with Crippen LogP contribution in [0, 0.1) is 0 Å². The van der Waals surface area contributed by atoms with E-state index in [4.69, 9.17) is 22.4 Å². The van der Waals surface area contributed by atoms with Crippen LogP contribution in [0.1, 0.15) is 11.1 Å². The normalized spacial score (nSPS) is 13.1. The van der Waals surface area contributed by atoms with E-state index in [0.717, 1.165) is 22.5 Å². The molecule has 1 aliphatic heterocycles. The number of hydrogen-bond acceptors (Lipinski definition) is 5. The lowest BCUT2D eigenvalue weighted by molar-refractivity contribution is 0.908. The molecule has 2 heterocycles. The lowest BCUT2D eigenvalue weighted by Gasteiger charge is -2.11. The molecular formula is C16H13ClN6. The molecule has 0 aliphatic carbocycles. The highest BCUT2D eigenvalue weighted by Gasteiger charge is 2.25. The number of aromatic nitrogens is 3. The van der Waals surface area contributed by atoms with Gasteiger partial charge in [0.15, 0.2) is 0 Å². The molecule has 2 N–H and O–H groups in total. The van der Waals surface area contributed by atoms with Crippen molar-refractivity contribution in [2.24, 2.45) is 5.10 Å². The summed E-state index contributed by atoms with van der Waals surface area (Å²) in [6.07, 6.45) is 0. The van der Waals surface area contributed by atoms with E-state index in [1.165, 1.54) is 0 Å². The van der Waals surface area contributed by atoms with Gasteiger partial charge in [-0.1, -0.05) is 41.9 Å². The van der Waals surface area contributed by atoms with Crippen LogP contribution in [0.15, 0.2) is 53.6 Å². The third-order valence-corrected chi connectivity index (χ3v) is 3.95. The molecule has 0 unspecified atom stereocenters. The number of benzene rings is 2. The van der Waals surface area contributed by atoms with E-state index in [1.54, 1.807) is 9.58 Å². The van der Waals surface area contributed by atoms with Crippen LogP contribution < -0.4 is 10.7 Å². The highest BCUT2D eigenvalue weighted by atomic mass is 35.5. The fourth-order valence-electron chi connectivity index (χ4n) is 2.68. The van der Waals surface area contributed by atoms with Crippen molar-refractivity contribution in [2.45, 2.75) is 0 Å². The van der Waals surface area contributed by atoms with Crippen molar-refractivity contribution in [3.05, 3.63) is 64.7 Å². The first-order valence-corrected chi connectivity index (χ1v) is 7.42. The Labute approximate surface area is 137 Å². The van der Waals surface area contributed by atoms with Crippen LogP contribution in [0.2, 0.25) is 5.02 Å². The molecule has 0 saturated heterocycles. The average molecular weight is 325 g/mol. The number of hydrazone groups is 1. The molecule has 0 amide bonds. The molecule has 1 aromatic heterocycles. The van der Waals surface area contributed by atoms with E-state index in [-0.39, 0.29) is 0 Å². The third kappa shape index (κ3) is 2.15. The zero-order valence-corrected chi connectivity index (χ0v) is 13.1. The van der Waals surface area contributed by atoms with Gasteiger partial charge in [-0.3, -0.25) is 0 Å². The summed E-state index contributed by atoms with van der Waals surface area (Å²) in [5.41, 5.74) is 9.52. The van der Waals surface area contributed by atoms with Gasteiger partial charge < -0.3 is 5.73 Å². The molecular weight excluding hydrogens is 312 g/mol. The summed E-state index contributed by atoms with van der Waals surface area (Å²) in [6.45, 7) is 0. The molecule has 3 aromatic rings. The summed E-state index contributed by atoms with van der Waals surface area (Å²) in [7, 11) is 1.82. The van der Waals surface area contributed by atoms with Crippen LogP contribution in [0.5, 0.6) is 0 Å². The Hall–Kier alpha value is -2.86. The van der Waals surface area contributed by atoms with Gasteiger partial charge in [0, 0.05) is 23.2 Å². The van der Waals surface area contributed by atoms with Crippen molar-refractivity contribution < 1.29 is 0 Å². The number of nitrogens with two attached hydrogens (primary N) is 1. The van der Waals surface area contributed by atoms with Crippen LogP contribution in [0.3, 0.4) is 0 Å². The molecule has 0 bridgehead atoms. The van der Waals surface area contributed by atoms with Crippen LogP contribution in [0.25, 0.3) is 5.69 Å². The summed E-state index contributed by atoms with van der Waals surface area (Å²) in [6, 6.07) is 15.5. The molecule has 0 saturated carbocycles. The van der Waals surface area contributed by atoms with Crippen LogP contribution in [0.4, 0.5) is 11.9 Å². The van der Waals surface area contributed by atoms with Crippen molar-refractivity contribution in [1.82, 2.24) is 14.8 Å². The number of rotatable bonds is 1. The lowest BCUT2D eigenvalue weighted by atomic mass is 10.0. The number of nitrogen functional groups attached to an aromatic ring is 1. The standard InChI is InChI=1S/C16H13ClN6/c1-22-16-20-19-15(18)23(16)13-8-7-11(17)9-12(13)14(21-22)10-5-3-2-4-6-10/h2-9H,1H3,(H2,18,19). The van der Waals surface area contributed by atoms with Gasteiger partial charge in [-0.05, 0) is 18.2 Å². The van der Waals surface area contributed by atoms with Gasteiger partial charge in [-0.15, -0.1) is 10.2 Å². The molecule has 0 spiro atoms. The highest BCUT2D eigenvalue weighted by molar-refractivity contribution is 6.31. The predicted octanol–water partition coefficient (Wildman–Crippen LogP) is 2.71. The molecule has 4 rings (SSSR count). The number of hydrogen-bond donors (Lipinski definition) is 1. The summed E-state index contributed by atoms with van der Waals surface area (Å²) in [5, 5.41) is 15.1. The molecule has 6 nitrogen and oxygen atoms in total. The van der Waals surface area contributed by atoms with Crippen molar-refractivity contribution in [2.75, 3.05) is 17.8 Å². The highest BCUT2D eigenvalue weighted by Crippen LogP contribution is 2.31. The Bertz CT molecular complexity index is 916. The summed E-state index contributed by atoms with van der Waals surface area (Å²) in [5.74, 6) is 0.858. The van der Waals surface area contributed by atoms with E-state index in [1.807, 2.05) is 55.6 Å². The van der Waals surface area contributed by atoms with Crippen LogP contribution in [-0.2, 0) is 0 Å². The lowest BCUT2D eigenvalue weighted by Crippen LogP contribution is -2.14. The van der Waals surface area contributed by atoms with E-state index in [0.29, 0.717) is 16.9 Å². The predicted molar refractivity (Wildman–Crippen MR) is 91.3 cm³/mol. The Morgan fingerprint density at radius 3 is 2.61 bits per heavy atom. The minimum Gasteiger partial charge on any atom is -0.368 e. The first kappa shape index (κ1) is 13.8. The van der Waals surface area contributed by atoms with Gasteiger partial charge in [0.05, 0.1) is 5.69 Å². The maximum absolute atomic E-state index is 6.22. The molecule has 7 heteroatoms. The monoisotopic (exact) mass is 324 g/mol. The molecule has 0 radical (unpaired) electrons. The second kappa shape index (κ2) is 5.10. The second-order valence-corrected chi connectivity index (χ2v) is 5.63. The van der Waals surface area contributed by atoms with Gasteiger partial charge in [0.2, 0.25) is 5.95 Å². The average Bonchev–Trinajstić information content (AvgIpc) is 2.89. The Balaban J connectivity index is 2.06. The minimum atomic E-state index is 0.305. The number of nitrogens with zero attached hydrogens (tertiary/aromatic N) is 5. The first-order valence-electron chi connectivity index (χ1n) is 7.04. The Kier molecular flexibility index (Phi) is 3.06. The molecule has 0 fully saturated rings. The van der Waals surface area contributed by atoms with Gasteiger partial charge in [0.25, 0.3) is 5.95 Å². The van der Waals surface area contributed by atoms with Gasteiger partial charge in [-0.25, -0.2) is 9.58 Å². The number of halogens is 1. The summed E-state index contributed by atoms with van der Waals surface area (Å²) >= 11 is 6.22. The van der Waals surface area contributed by atoms with E-state index >= 15 is 0 Å². The van der Waals surface area contributed by atoms with Gasteiger partial charge in [-0.2, -0.15) is 5.10 Å². The van der Waals surface area contributed by atoms with E-state index in [2.05, 4.69) is 10.2 Å². The second-order valence-electron chi connectivity index (χ2n) is 5.19. The van der Waals surface area contributed by atoms with Crippen molar-refractivity contribution in [3.63, 3.8) is 0 Å². The third-order valence-electron chi connectivity index (χ3n) is 3.71. The zero-order chi connectivity index (χ0) is 16.0. The van der Waals surface area contributed by atoms with E-state index < -0.39 is 0 Å². The van der Waals surface area contributed by atoms with Crippen molar-refractivity contribution >= 4 is 29.2 Å². The number of anilines is 2. The molecule has 114 valence electrons. The molecule has 0 atom stereocenters. The zero-order valence-electron chi connectivity index (χ0n) is 12.3. The van der Waals surface area contributed by atoms with E-state index in [9.17, 15) is 0 Å². The Morgan fingerprint density at radius 2 is 1.83 bits per heavy atom. The largest absolute Gasteiger partial charge is 0.368 e. The minimum absolute atomic E-state index is 0.305. The van der Waals surface area contributed by atoms with Gasteiger partial charge >= 0.3 is 0 Å². The first-order chi connectivity index (χ1) is 11.1. The fraction of sp³-hybridized carbons (Fsp3) is 0.0625. The van der Waals surface area contributed by atoms with Gasteiger partial charge in [0.1, 0.15) is 5.71 Å². The smallest absolute Gasteiger partial charge is 0.253 e. The SMILES string of the molecule is CN1N=C(c2ccccc2)c2cc(Cl)ccc2-n2c(N)nnc21. The maximum atomic E-state index is 6.22. The van der Waals surface area contributed by atoms with Crippen LogP contribution >= 0.6 is 11.6 Å². The number of fused-ring (bicyclic) bond motifs is 3. The maximum Gasteiger partial charge on any atom is 0.253 e. The van der Waals surface area contributed by atoms with Crippen molar-refractivity contribution in [3.8, 4) is 5.69 Å². The fourth-order valence-corrected chi connectivity index (χ4v) is 2.85. The quantitative estimate of drug-likeness (QED) is 0.747. The molecule has 23 heavy (non-hydrogen) atoms. The summed E-state index contributed by atoms with van der Waals surface area (Å²) < 4.78 is 1.77. The Morgan fingerprint density at radius 1 is 1.04 bits per heavy atom. The molecule has 1 aliphatic rings. The van der Waals surface area contributed by atoms with Crippen LogP contribution in [-0.4, -0.2) is 27.5 Å².